The topological polar surface area (TPSA) is 18.5 Å². The molecule has 0 aromatic heterocycles. The molecule has 1 N–H and O–H groups in total. The van der Waals surface area contributed by atoms with Crippen molar-refractivity contribution in [2.45, 2.75) is 13.1 Å². The van der Waals surface area contributed by atoms with Crippen LogP contribution in [0.3, 0.4) is 0 Å². The van der Waals surface area contributed by atoms with Gasteiger partial charge in [0.15, 0.2) is 0 Å². The third-order valence-corrected chi connectivity index (χ3v) is 3.61. The fourth-order valence-corrected chi connectivity index (χ4v) is 2.27. The zero-order valence-corrected chi connectivity index (χ0v) is 11.6. The molecule has 1 saturated heterocycles. The molecule has 0 amide bonds. The van der Waals surface area contributed by atoms with Crippen LogP contribution >= 0.6 is 0 Å². The molecule has 1 aliphatic rings. The summed E-state index contributed by atoms with van der Waals surface area (Å²) in [7, 11) is 0. The highest BCUT2D eigenvalue weighted by atomic mass is 19.4. The van der Waals surface area contributed by atoms with Crippen molar-refractivity contribution < 1.29 is 13.2 Å². The van der Waals surface area contributed by atoms with Crippen molar-refractivity contribution in [3.05, 3.63) is 29.8 Å². The van der Waals surface area contributed by atoms with E-state index >= 15 is 0 Å². The Kier molecular flexibility index (Phi) is 4.88. The first-order valence-electron chi connectivity index (χ1n) is 6.85. The van der Waals surface area contributed by atoms with E-state index in [9.17, 15) is 13.2 Å². The number of nitrogens with one attached hydrogen (secondary N) is 1. The molecule has 112 valence electrons. The SMILES string of the molecule is CCN1CCN(CNc2cccc(C(F)(F)F)c2)CC1. The Morgan fingerprint density at radius 1 is 1.10 bits per heavy atom. The molecule has 1 fully saturated rings. The summed E-state index contributed by atoms with van der Waals surface area (Å²) in [5.74, 6) is 0. The van der Waals surface area contributed by atoms with Gasteiger partial charge in [-0.2, -0.15) is 13.2 Å². The minimum absolute atomic E-state index is 0.512. The maximum absolute atomic E-state index is 12.6. The van der Waals surface area contributed by atoms with Crippen LogP contribution in [0.4, 0.5) is 18.9 Å². The van der Waals surface area contributed by atoms with E-state index in [-0.39, 0.29) is 0 Å². The molecule has 6 heteroatoms. The lowest BCUT2D eigenvalue weighted by Crippen LogP contribution is -2.47. The van der Waals surface area contributed by atoms with Gasteiger partial charge in [-0.25, -0.2) is 0 Å². The van der Waals surface area contributed by atoms with Gasteiger partial charge in [0.25, 0.3) is 0 Å². The van der Waals surface area contributed by atoms with Gasteiger partial charge in [-0.3, -0.25) is 4.90 Å². The first-order chi connectivity index (χ1) is 9.49. The van der Waals surface area contributed by atoms with Crippen LogP contribution < -0.4 is 5.32 Å². The average Bonchev–Trinajstić information content (AvgIpc) is 2.45. The Labute approximate surface area is 117 Å². The number of anilines is 1. The minimum Gasteiger partial charge on any atom is -0.372 e. The molecule has 0 aliphatic carbocycles. The Bertz CT molecular complexity index is 426. The van der Waals surface area contributed by atoms with Gasteiger partial charge in [0.05, 0.1) is 12.2 Å². The second kappa shape index (κ2) is 6.45. The van der Waals surface area contributed by atoms with Crippen molar-refractivity contribution >= 4 is 5.69 Å². The van der Waals surface area contributed by atoms with E-state index in [1.54, 1.807) is 6.07 Å². The Hall–Kier alpha value is -1.27. The lowest BCUT2D eigenvalue weighted by Gasteiger charge is -2.34. The van der Waals surface area contributed by atoms with Gasteiger partial charge in [-0.05, 0) is 24.7 Å². The fraction of sp³-hybridized carbons (Fsp3) is 0.571. The van der Waals surface area contributed by atoms with Crippen molar-refractivity contribution in [3.63, 3.8) is 0 Å². The summed E-state index contributed by atoms with van der Waals surface area (Å²) >= 11 is 0. The molecule has 0 atom stereocenters. The van der Waals surface area contributed by atoms with Crippen molar-refractivity contribution in [2.24, 2.45) is 0 Å². The molecule has 1 aromatic carbocycles. The predicted molar refractivity (Wildman–Crippen MR) is 73.6 cm³/mol. The highest BCUT2D eigenvalue weighted by Gasteiger charge is 2.30. The first-order valence-corrected chi connectivity index (χ1v) is 6.85. The summed E-state index contributed by atoms with van der Waals surface area (Å²) in [6.07, 6.45) is -4.29. The second-order valence-electron chi connectivity index (χ2n) is 4.97. The van der Waals surface area contributed by atoms with Crippen LogP contribution in [0.5, 0.6) is 0 Å². The molecule has 1 aliphatic heterocycles. The number of benzene rings is 1. The average molecular weight is 287 g/mol. The van der Waals surface area contributed by atoms with Crippen LogP contribution in [0, 0.1) is 0 Å². The van der Waals surface area contributed by atoms with E-state index in [1.165, 1.54) is 6.07 Å². The molecular formula is C14H20F3N3. The number of hydrogen-bond donors (Lipinski definition) is 1. The van der Waals surface area contributed by atoms with E-state index in [2.05, 4.69) is 22.0 Å². The zero-order chi connectivity index (χ0) is 14.6. The van der Waals surface area contributed by atoms with Gasteiger partial charge >= 0.3 is 6.18 Å². The summed E-state index contributed by atoms with van der Waals surface area (Å²) in [4.78, 5) is 4.58. The molecule has 2 rings (SSSR count). The Balaban J connectivity index is 1.85. The molecule has 3 nitrogen and oxygen atoms in total. The third-order valence-electron chi connectivity index (χ3n) is 3.61. The maximum Gasteiger partial charge on any atom is 0.416 e. The van der Waals surface area contributed by atoms with Crippen molar-refractivity contribution in [1.82, 2.24) is 9.80 Å². The first kappa shape index (κ1) is 15.1. The largest absolute Gasteiger partial charge is 0.416 e. The van der Waals surface area contributed by atoms with Gasteiger partial charge in [-0.15, -0.1) is 0 Å². The molecule has 20 heavy (non-hydrogen) atoms. The van der Waals surface area contributed by atoms with Gasteiger partial charge in [0.1, 0.15) is 0 Å². The highest BCUT2D eigenvalue weighted by molar-refractivity contribution is 5.46. The van der Waals surface area contributed by atoms with E-state index in [4.69, 9.17) is 0 Å². The van der Waals surface area contributed by atoms with Gasteiger partial charge < -0.3 is 10.2 Å². The second-order valence-corrected chi connectivity index (χ2v) is 4.97. The number of alkyl halides is 3. The van der Waals surface area contributed by atoms with Crippen LogP contribution in [-0.4, -0.2) is 49.2 Å². The van der Waals surface area contributed by atoms with E-state index in [1.807, 2.05) is 0 Å². The maximum atomic E-state index is 12.6. The van der Waals surface area contributed by atoms with Gasteiger partial charge in [0.2, 0.25) is 0 Å². The molecule has 1 heterocycles. The fourth-order valence-electron chi connectivity index (χ4n) is 2.27. The van der Waals surface area contributed by atoms with Crippen molar-refractivity contribution in [1.29, 1.82) is 0 Å². The van der Waals surface area contributed by atoms with Crippen LogP contribution in [0.25, 0.3) is 0 Å². The molecular weight excluding hydrogens is 267 g/mol. The van der Waals surface area contributed by atoms with Gasteiger partial charge in [0, 0.05) is 31.9 Å². The van der Waals surface area contributed by atoms with E-state index in [0.29, 0.717) is 12.4 Å². The van der Waals surface area contributed by atoms with E-state index in [0.717, 1.165) is 44.9 Å². The van der Waals surface area contributed by atoms with Crippen molar-refractivity contribution in [3.8, 4) is 0 Å². The van der Waals surface area contributed by atoms with Crippen LogP contribution in [-0.2, 0) is 6.18 Å². The molecule has 0 spiro atoms. The summed E-state index contributed by atoms with van der Waals surface area (Å²) in [6.45, 7) is 7.69. The number of piperazine rings is 1. The number of rotatable bonds is 4. The number of nitrogens with zero attached hydrogens (tertiary/aromatic N) is 2. The summed E-state index contributed by atoms with van der Waals surface area (Å²) in [6, 6.07) is 5.34. The normalized spacial score (nSPS) is 18.2. The van der Waals surface area contributed by atoms with Gasteiger partial charge in [-0.1, -0.05) is 13.0 Å². The monoisotopic (exact) mass is 287 g/mol. The van der Waals surface area contributed by atoms with E-state index < -0.39 is 11.7 Å². The zero-order valence-electron chi connectivity index (χ0n) is 11.6. The quantitative estimate of drug-likeness (QED) is 0.918. The third kappa shape index (κ3) is 4.11. The lowest BCUT2D eigenvalue weighted by atomic mass is 10.2. The molecule has 0 unspecified atom stereocenters. The van der Waals surface area contributed by atoms with Crippen LogP contribution in [0.2, 0.25) is 0 Å². The smallest absolute Gasteiger partial charge is 0.372 e. The molecule has 0 bridgehead atoms. The van der Waals surface area contributed by atoms with Crippen LogP contribution in [0.15, 0.2) is 24.3 Å². The Morgan fingerprint density at radius 3 is 2.35 bits per heavy atom. The number of halogens is 3. The summed E-state index contributed by atoms with van der Waals surface area (Å²) in [5, 5.41) is 3.07. The summed E-state index contributed by atoms with van der Waals surface area (Å²) < 4.78 is 37.8. The number of hydrogen-bond acceptors (Lipinski definition) is 3. The summed E-state index contributed by atoms with van der Waals surface area (Å²) in [5.41, 5.74) is -0.101. The lowest BCUT2D eigenvalue weighted by molar-refractivity contribution is -0.137. The molecule has 0 radical (unpaired) electrons. The molecule has 1 aromatic rings. The minimum atomic E-state index is -4.29. The highest BCUT2D eigenvalue weighted by Crippen LogP contribution is 2.30. The Morgan fingerprint density at radius 2 is 1.75 bits per heavy atom. The van der Waals surface area contributed by atoms with Crippen molar-refractivity contribution in [2.75, 3.05) is 44.7 Å². The molecule has 0 saturated carbocycles. The number of likely N-dealkylation sites (N-methyl/N-ethyl adjacent to an activating group) is 1. The van der Waals surface area contributed by atoms with Crippen LogP contribution in [0.1, 0.15) is 12.5 Å². The standard InChI is InChI=1S/C14H20F3N3/c1-2-19-6-8-20(9-7-19)11-18-13-5-3-4-12(10-13)14(15,16)17/h3-5,10,18H,2,6-9,11H2,1H3. The predicted octanol–water partition coefficient (Wildman–Crippen LogP) is 2.71.